The van der Waals surface area contributed by atoms with Gasteiger partial charge in [-0.25, -0.2) is 9.55 Å². The minimum absolute atomic E-state index is 0.160. The highest BCUT2D eigenvalue weighted by molar-refractivity contribution is 6.82. The molecule has 4 nitrogen and oxygen atoms in total. The van der Waals surface area contributed by atoms with Gasteiger partial charge in [-0.3, -0.25) is 0 Å². The third kappa shape index (κ3) is 2.07. The van der Waals surface area contributed by atoms with Gasteiger partial charge < -0.3 is 9.23 Å². The minimum atomic E-state index is 0.160. The Morgan fingerprint density at radius 2 is 2.09 bits per heavy atom. The zero-order valence-electron chi connectivity index (χ0n) is 13.9. The highest BCUT2D eigenvalue weighted by Gasteiger charge is 2.38. The van der Waals surface area contributed by atoms with Crippen LogP contribution in [-0.2, 0) is 7.05 Å². The summed E-state index contributed by atoms with van der Waals surface area (Å²) in [5.41, 5.74) is 5.63. The van der Waals surface area contributed by atoms with Gasteiger partial charge in [0.15, 0.2) is 17.7 Å². The molecule has 1 aliphatic heterocycles. The van der Waals surface area contributed by atoms with Crippen LogP contribution in [0.1, 0.15) is 18.1 Å². The fourth-order valence-corrected chi connectivity index (χ4v) is 3.47. The van der Waals surface area contributed by atoms with Crippen molar-refractivity contribution in [2.45, 2.75) is 13.8 Å². The Hall–Kier alpha value is -2.56. The maximum absolute atomic E-state index is 6.03. The first kappa shape index (κ1) is 14.1. The van der Waals surface area contributed by atoms with Crippen LogP contribution in [0, 0.1) is 6.92 Å². The van der Waals surface area contributed by atoms with Crippen LogP contribution < -0.4 is 15.0 Å². The molecule has 0 aromatic carbocycles. The highest BCUT2D eigenvalue weighted by Crippen LogP contribution is 2.37. The molecular weight excluding hydrogens is 285 g/mol. The fourth-order valence-electron chi connectivity index (χ4n) is 3.47. The van der Waals surface area contributed by atoms with Crippen molar-refractivity contribution >= 4 is 35.5 Å². The summed E-state index contributed by atoms with van der Waals surface area (Å²) < 4.78 is 8.21. The van der Waals surface area contributed by atoms with Crippen LogP contribution in [-0.4, -0.2) is 18.9 Å². The van der Waals surface area contributed by atoms with Crippen molar-refractivity contribution in [2.75, 3.05) is 11.9 Å². The smallest absolute Gasteiger partial charge is 0.401 e. The van der Waals surface area contributed by atoms with Crippen LogP contribution >= 0.6 is 0 Å². The van der Waals surface area contributed by atoms with Crippen molar-refractivity contribution in [1.82, 2.24) is 4.98 Å². The van der Waals surface area contributed by atoms with Crippen LogP contribution in [0.25, 0.3) is 17.2 Å². The lowest BCUT2D eigenvalue weighted by Crippen LogP contribution is -2.62. The summed E-state index contributed by atoms with van der Waals surface area (Å²) in [6.45, 7) is 4.47. The molecular formula is C18H19BN3O+. The Labute approximate surface area is 136 Å². The summed E-state index contributed by atoms with van der Waals surface area (Å²) in [4.78, 5) is 6.56. The number of anilines is 1. The number of hydrogen-bond acceptors (Lipinski definition) is 3. The van der Waals surface area contributed by atoms with Crippen molar-refractivity contribution in [3.63, 3.8) is 0 Å². The van der Waals surface area contributed by atoms with E-state index in [1.54, 1.807) is 6.20 Å². The standard InChI is InChI=1S/C18H19BN3O/c1-12-7-9-21(3)16(10-12)19-13(2)11-15-14-6-5-8-20-17(14)23-18(15)22(19)4/h5-11H,1-4H3/q+1. The molecule has 0 unspecified atom stereocenters. The maximum Gasteiger partial charge on any atom is 0.401 e. The lowest BCUT2D eigenvalue weighted by Gasteiger charge is -2.28. The summed E-state index contributed by atoms with van der Waals surface area (Å²) in [7, 11) is 4.18. The molecule has 0 amide bonds. The van der Waals surface area contributed by atoms with Crippen LogP contribution in [0.15, 0.2) is 46.5 Å². The van der Waals surface area contributed by atoms with E-state index in [0.717, 1.165) is 16.8 Å². The molecule has 23 heavy (non-hydrogen) atoms. The Morgan fingerprint density at radius 1 is 1.26 bits per heavy atom. The summed E-state index contributed by atoms with van der Waals surface area (Å²) in [5.74, 6) is 0.885. The number of aromatic nitrogens is 2. The SMILES string of the molecule is CC1=Cc2c(oc3ncccc23)N(C)B1c1cc(C)cc[n+]1C. The quantitative estimate of drug-likeness (QED) is 0.511. The van der Waals surface area contributed by atoms with Gasteiger partial charge in [0.2, 0.25) is 5.71 Å². The number of nitrogens with zero attached hydrogens (tertiary/aromatic N) is 3. The molecule has 0 bridgehead atoms. The third-order valence-electron chi connectivity index (χ3n) is 4.62. The monoisotopic (exact) mass is 304 g/mol. The van der Waals surface area contributed by atoms with E-state index in [1.165, 1.54) is 16.6 Å². The molecule has 0 atom stereocenters. The Kier molecular flexibility index (Phi) is 3.05. The first-order chi connectivity index (χ1) is 11.1. The largest absolute Gasteiger partial charge is 0.423 e. The lowest BCUT2D eigenvalue weighted by molar-refractivity contribution is -0.654. The van der Waals surface area contributed by atoms with E-state index in [-0.39, 0.29) is 6.85 Å². The van der Waals surface area contributed by atoms with E-state index < -0.39 is 0 Å². The van der Waals surface area contributed by atoms with Gasteiger partial charge >= 0.3 is 6.85 Å². The Bertz CT molecular complexity index is 945. The number of rotatable bonds is 1. The van der Waals surface area contributed by atoms with Gasteiger partial charge in [0.05, 0.1) is 0 Å². The topological polar surface area (TPSA) is 33.2 Å². The maximum atomic E-state index is 6.03. The minimum Gasteiger partial charge on any atom is -0.423 e. The zero-order chi connectivity index (χ0) is 16.1. The van der Waals surface area contributed by atoms with Gasteiger partial charge in [0, 0.05) is 29.3 Å². The fraction of sp³-hybridized carbons (Fsp3) is 0.222. The van der Waals surface area contributed by atoms with Gasteiger partial charge in [-0.05, 0) is 38.6 Å². The van der Waals surface area contributed by atoms with E-state index in [2.05, 4.69) is 72.8 Å². The second-order valence-electron chi connectivity index (χ2n) is 6.32. The van der Waals surface area contributed by atoms with Crippen molar-refractivity contribution in [3.8, 4) is 0 Å². The predicted molar refractivity (Wildman–Crippen MR) is 93.8 cm³/mol. The first-order valence-corrected chi connectivity index (χ1v) is 7.81. The van der Waals surface area contributed by atoms with Gasteiger partial charge in [-0.15, -0.1) is 0 Å². The average molecular weight is 304 g/mol. The number of allylic oxidation sites excluding steroid dienone is 1. The van der Waals surface area contributed by atoms with Crippen molar-refractivity contribution in [1.29, 1.82) is 0 Å². The Morgan fingerprint density at radius 3 is 2.91 bits per heavy atom. The highest BCUT2D eigenvalue weighted by atomic mass is 16.4. The second kappa shape index (κ2) is 4.98. The third-order valence-corrected chi connectivity index (χ3v) is 4.62. The number of pyridine rings is 2. The molecule has 0 spiro atoms. The van der Waals surface area contributed by atoms with E-state index >= 15 is 0 Å². The van der Waals surface area contributed by atoms with Gasteiger partial charge in [0.25, 0.3) is 0 Å². The molecule has 5 heteroatoms. The molecule has 4 rings (SSSR count). The predicted octanol–water partition coefficient (Wildman–Crippen LogP) is 2.25. The van der Waals surface area contributed by atoms with Gasteiger partial charge in [0.1, 0.15) is 7.05 Å². The number of hydrogen-bond donors (Lipinski definition) is 0. The van der Waals surface area contributed by atoms with Crippen molar-refractivity contribution < 1.29 is 8.98 Å². The number of aryl methyl sites for hydroxylation is 2. The molecule has 3 aromatic heterocycles. The van der Waals surface area contributed by atoms with Gasteiger partial charge in [-0.1, -0.05) is 11.5 Å². The average Bonchev–Trinajstić information content (AvgIpc) is 2.90. The molecule has 1 aliphatic rings. The summed E-state index contributed by atoms with van der Waals surface area (Å²) in [6.07, 6.45) is 6.11. The molecule has 0 fully saturated rings. The molecule has 4 heterocycles. The first-order valence-electron chi connectivity index (χ1n) is 7.81. The molecule has 0 aliphatic carbocycles. The van der Waals surface area contributed by atoms with Crippen molar-refractivity contribution in [2.24, 2.45) is 7.05 Å². The van der Waals surface area contributed by atoms with E-state index in [0.29, 0.717) is 5.71 Å². The van der Waals surface area contributed by atoms with Crippen LogP contribution in [0.2, 0.25) is 0 Å². The zero-order valence-corrected chi connectivity index (χ0v) is 13.9. The van der Waals surface area contributed by atoms with Crippen LogP contribution in [0.5, 0.6) is 0 Å². The lowest BCUT2D eigenvalue weighted by atomic mass is 9.49. The summed E-state index contributed by atoms with van der Waals surface area (Å²) >= 11 is 0. The summed E-state index contributed by atoms with van der Waals surface area (Å²) in [6, 6.07) is 8.38. The number of fused-ring (bicyclic) bond motifs is 3. The van der Waals surface area contributed by atoms with E-state index in [9.17, 15) is 0 Å². The van der Waals surface area contributed by atoms with Crippen LogP contribution in [0.3, 0.4) is 0 Å². The number of furan rings is 1. The second-order valence-corrected chi connectivity index (χ2v) is 6.32. The molecule has 0 N–H and O–H groups in total. The molecule has 0 saturated heterocycles. The molecule has 0 saturated carbocycles. The van der Waals surface area contributed by atoms with Crippen LogP contribution in [0.4, 0.5) is 5.88 Å². The molecule has 114 valence electrons. The van der Waals surface area contributed by atoms with E-state index in [4.69, 9.17) is 4.42 Å². The van der Waals surface area contributed by atoms with Gasteiger partial charge in [-0.2, -0.15) is 0 Å². The summed E-state index contributed by atoms with van der Waals surface area (Å²) in [5, 5.41) is 1.07. The Balaban J connectivity index is 1.92. The van der Waals surface area contributed by atoms with E-state index in [1.807, 2.05) is 6.07 Å². The van der Waals surface area contributed by atoms with Crippen molar-refractivity contribution in [3.05, 3.63) is 53.3 Å². The normalized spacial score (nSPS) is 14.2. The molecule has 0 radical (unpaired) electrons. The molecule has 3 aromatic rings.